The van der Waals surface area contributed by atoms with Gasteiger partial charge in [-0.15, -0.1) is 11.3 Å². The van der Waals surface area contributed by atoms with Crippen molar-refractivity contribution in [2.75, 3.05) is 26.2 Å². The summed E-state index contributed by atoms with van der Waals surface area (Å²) in [6.45, 7) is 12.1. The number of nitrogens with one attached hydrogen (secondary N) is 2. The zero-order chi connectivity index (χ0) is 15.9. The summed E-state index contributed by atoms with van der Waals surface area (Å²) >= 11 is 1.71. The van der Waals surface area contributed by atoms with Gasteiger partial charge in [0, 0.05) is 25.0 Å². The molecule has 5 nitrogen and oxygen atoms in total. The SMILES string of the molecule is C=C(C)CNC(=O)NCC1CCN(Cc2csc(C)n2)CC1. The summed E-state index contributed by atoms with van der Waals surface area (Å²) in [6, 6.07) is -0.0941. The van der Waals surface area contributed by atoms with Gasteiger partial charge in [-0.3, -0.25) is 4.90 Å². The smallest absolute Gasteiger partial charge is 0.315 e. The lowest BCUT2D eigenvalue weighted by molar-refractivity contribution is 0.173. The van der Waals surface area contributed by atoms with Crippen LogP contribution in [0.4, 0.5) is 4.79 Å². The lowest BCUT2D eigenvalue weighted by Gasteiger charge is -2.31. The average Bonchev–Trinajstić information content (AvgIpc) is 2.89. The van der Waals surface area contributed by atoms with Crippen molar-refractivity contribution in [2.24, 2.45) is 5.92 Å². The van der Waals surface area contributed by atoms with Gasteiger partial charge in [0.1, 0.15) is 0 Å². The Morgan fingerprint density at radius 3 is 2.77 bits per heavy atom. The molecule has 1 fully saturated rings. The Hall–Kier alpha value is -1.40. The van der Waals surface area contributed by atoms with E-state index in [0.717, 1.165) is 49.6 Å². The number of amides is 2. The molecule has 2 heterocycles. The van der Waals surface area contributed by atoms with Gasteiger partial charge in [-0.2, -0.15) is 0 Å². The van der Waals surface area contributed by atoms with Crippen molar-refractivity contribution in [3.05, 3.63) is 28.2 Å². The molecule has 122 valence electrons. The van der Waals surface area contributed by atoms with Crippen LogP contribution in [0.15, 0.2) is 17.5 Å². The maximum Gasteiger partial charge on any atom is 0.315 e. The number of hydrogen-bond acceptors (Lipinski definition) is 4. The predicted molar refractivity (Wildman–Crippen MR) is 91.1 cm³/mol. The van der Waals surface area contributed by atoms with Gasteiger partial charge in [-0.1, -0.05) is 12.2 Å². The Labute approximate surface area is 136 Å². The van der Waals surface area contributed by atoms with Crippen LogP contribution in [0.2, 0.25) is 0 Å². The molecule has 0 spiro atoms. The van der Waals surface area contributed by atoms with Gasteiger partial charge in [0.25, 0.3) is 0 Å². The first-order chi connectivity index (χ1) is 10.5. The molecule has 1 aromatic heterocycles. The molecule has 2 N–H and O–H groups in total. The van der Waals surface area contributed by atoms with Crippen LogP contribution in [-0.4, -0.2) is 42.1 Å². The van der Waals surface area contributed by atoms with E-state index in [4.69, 9.17) is 0 Å². The minimum absolute atomic E-state index is 0.0941. The number of likely N-dealkylation sites (tertiary alicyclic amines) is 1. The minimum Gasteiger partial charge on any atom is -0.338 e. The number of piperidine rings is 1. The first kappa shape index (κ1) is 17.0. The first-order valence-electron chi connectivity index (χ1n) is 7.82. The first-order valence-corrected chi connectivity index (χ1v) is 8.70. The molecular formula is C16H26N4OS. The molecular weight excluding hydrogens is 296 g/mol. The van der Waals surface area contributed by atoms with E-state index in [1.165, 1.54) is 5.69 Å². The van der Waals surface area contributed by atoms with Crippen molar-refractivity contribution in [2.45, 2.75) is 33.2 Å². The number of thiazole rings is 1. The number of aromatic nitrogens is 1. The van der Waals surface area contributed by atoms with Gasteiger partial charge in [0.2, 0.25) is 0 Å². The second kappa shape index (κ2) is 8.29. The number of carbonyl (C=O) groups excluding carboxylic acids is 1. The molecule has 1 aromatic rings. The van der Waals surface area contributed by atoms with Crippen LogP contribution in [0.3, 0.4) is 0 Å². The monoisotopic (exact) mass is 322 g/mol. The minimum atomic E-state index is -0.0941. The second-order valence-electron chi connectivity index (χ2n) is 6.10. The molecule has 0 radical (unpaired) electrons. The number of nitrogens with zero attached hydrogens (tertiary/aromatic N) is 2. The quantitative estimate of drug-likeness (QED) is 0.791. The summed E-state index contributed by atoms with van der Waals surface area (Å²) in [5.74, 6) is 0.573. The predicted octanol–water partition coefficient (Wildman–Crippen LogP) is 2.54. The molecule has 1 aliphatic heterocycles. The van der Waals surface area contributed by atoms with Crippen molar-refractivity contribution in [1.29, 1.82) is 0 Å². The van der Waals surface area contributed by atoms with E-state index >= 15 is 0 Å². The molecule has 6 heteroatoms. The third kappa shape index (κ3) is 5.77. The van der Waals surface area contributed by atoms with Crippen molar-refractivity contribution in [1.82, 2.24) is 20.5 Å². The van der Waals surface area contributed by atoms with Crippen molar-refractivity contribution < 1.29 is 4.79 Å². The normalized spacial score (nSPS) is 16.5. The van der Waals surface area contributed by atoms with E-state index in [2.05, 4.69) is 32.5 Å². The standard InChI is InChI=1S/C16H26N4OS/c1-12(2)8-17-16(21)18-9-14-4-6-20(7-5-14)10-15-11-22-13(3)19-15/h11,14H,1,4-10H2,2-3H3,(H2,17,18,21). The Balaban J connectivity index is 1.62. The summed E-state index contributed by atoms with van der Waals surface area (Å²) in [5.41, 5.74) is 2.14. The van der Waals surface area contributed by atoms with E-state index < -0.39 is 0 Å². The lowest BCUT2D eigenvalue weighted by Crippen LogP contribution is -2.42. The van der Waals surface area contributed by atoms with Crippen molar-refractivity contribution >= 4 is 17.4 Å². The Bertz CT molecular complexity index is 506. The zero-order valence-electron chi connectivity index (χ0n) is 13.5. The fraction of sp³-hybridized carbons (Fsp3) is 0.625. The molecule has 2 amide bonds. The molecule has 0 saturated carbocycles. The largest absolute Gasteiger partial charge is 0.338 e. The Kier molecular flexibility index (Phi) is 6.39. The summed E-state index contributed by atoms with van der Waals surface area (Å²) in [5, 5.41) is 9.04. The number of carbonyl (C=O) groups is 1. The molecule has 2 rings (SSSR count). The fourth-order valence-electron chi connectivity index (χ4n) is 2.59. The van der Waals surface area contributed by atoms with Crippen LogP contribution < -0.4 is 10.6 Å². The molecule has 1 aliphatic rings. The maximum absolute atomic E-state index is 11.6. The number of hydrogen-bond donors (Lipinski definition) is 2. The molecule has 0 aliphatic carbocycles. The number of urea groups is 1. The fourth-order valence-corrected chi connectivity index (χ4v) is 3.19. The summed E-state index contributed by atoms with van der Waals surface area (Å²) in [6.07, 6.45) is 2.26. The van der Waals surface area contributed by atoms with E-state index in [-0.39, 0.29) is 6.03 Å². The van der Waals surface area contributed by atoms with Gasteiger partial charge < -0.3 is 10.6 Å². The van der Waals surface area contributed by atoms with E-state index in [1.807, 2.05) is 13.8 Å². The third-order valence-corrected chi connectivity index (χ3v) is 4.68. The topological polar surface area (TPSA) is 57.3 Å². The highest BCUT2D eigenvalue weighted by Gasteiger charge is 2.20. The summed E-state index contributed by atoms with van der Waals surface area (Å²) < 4.78 is 0. The van der Waals surface area contributed by atoms with Crippen LogP contribution in [0.1, 0.15) is 30.5 Å². The second-order valence-corrected chi connectivity index (χ2v) is 7.16. The van der Waals surface area contributed by atoms with E-state index in [1.54, 1.807) is 11.3 Å². The van der Waals surface area contributed by atoms with Gasteiger partial charge in [-0.25, -0.2) is 9.78 Å². The van der Waals surface area contributed by atoms with Crippen molar-refractivity contribution in [3.63, 3.8) is 0 Å². The highest BCUT2D eigenvalue weighted by atomic mass is 32.1. The molecule has 1 saturated heterocycles. The van der Waals surface area contributed by atoms with Gasteiger partial charge in [0.05, 0.1) is 10.7 Å². The van der Waals surface area contributed by atoms with Crippen LogP contribution in [0.5, 0.6) is 0 Å². The van der Waals surface area contributed by atoms with Gasteiger partial charge >= 0.3 is 6.03 Å². The zero-order valence-corrected chi connectivity index (χ0v) is 14.3. The van der Waals surface area contributed by atoms with Crippen molar-refractivity contribution in [3.8, 4) is 0 Å². The average molecular weight is 322 g/mol. The molecule has 0 bridgehead atoms. The Morgan fingerprint density at radius 2 is 2.18 bits per heavy atom. The lowest BCUT2D eigenvalue weighted by atomic mass is 9.97. The Morgan fingerprint density at radius 1 is 1.45 bits per heavy atom. The number of rotatable bonds is 6. The third-order valence-electron chi connectivity index (χ3n) is 3.86. The molecule has 0 unspecified atom stereocenters. The van der Waals surface area contributed by atoms with E-state index in [9.17, 15) is 4.79 Å². The highest BCUT2D eigenvalue weighted by Crippen LogP contribution is 2.19. The summed E-state index contributed by atoms with van der Waals surface area (Å²) in [7, 11) is 0. The molecule has 0 aromatic carbocycles. The van der Waals surface area contributed by atoms with Crippen LogP contribution in [-0.2, 0) is 6.54 Å². The van der Waals surface area contributed by atoms with E-state index in [0.29, 0.717) is 12.5 Å². The van der Waals surface area contributed by atoms with Gasteiger partial charge in [-0.05, 0) is 45.7 Å². The highest BCUT2D eigenvalue weighted by molar-refractivity contribution is 7.09. The maximum atomic E-state index is 11.6. The van der Waals surface area contributed by atoms with Gasteiger partial charge in [0.15, 0.2) is 0 Å². The molecule has 0 atom stereocenters. The van der Waals surface area contributed by atoms with Crippen LogP contribution in [0.25, 0.3) is 0 Å². The summed E-state index contributed by atoms with van der Waals surface area (Å²) in [4.78, 5) is 18.6. The van der Waals surface area contributed by atoms with Crippen LogP contribution >= 0.6 is 11.3 Å². The number of aryl methyl sites for hydroxylation is 1. The molecule has 22 heavy (non-hydrogen) atoms. The van der Waals surface area contributed by atoms with Crippen LogP contribution in [0, 0.1) is 12.8 Å².